The van der Waals surface area contributed by atoms with Gasteiger partial charge in [-0.15, -0.1) is 0 Å². The molecule has 82 valence electrons. The first-order valence-electron chi connectivity index (χ1n) is 4.34. The van der Waals surface area contributed by atoms with Crippen LogP contribution < -0.4 is 5.32 Å². The Morgan fingerprint density at radius 2 is 2.27 bits per heavy atom. The van der Waals surface area contributed by atoms with Gasteiger partial charge in [-0.1, -0.05) is 0 Å². The van der Waals surface area contributed by atoms with E-state index in [1.54, 1.807) is 13.8 Å². The van der Waals surface area contributed by atoms with E-state index >= 15 is 0 Å². The Morgan fingerprint density at radius 1 is 1.60 bits per heavy atom. The Balaban J connectivity index is 2.61. The SMILES string of the molecule is CC(C)(CC(=O)O)NC(=O)c1ncco1. The minimum atomic E-state index is -0.979. The molecule has 0 unspecified atom stereocenters. The highest BCUT2D eigenvalue weighted by atomic mass is 16.4. The van der Waals surface area contributed by atoms with Crippen molar-refractivity contribution in [2.24, 2.45) is 0 Å². The molecule has 0 saturated carbocycles. The molecule has 1 rings (SSSR count). The zero-order chi connectivity index (χ0) is 11.5. The number of carbonyl (C=O) groups is 2. The summed E-state index contributed by atoms with van der Waals surface area (Å²) in [5, 5.41) is 11.1. The van der Waals surface area contributed by atoms with Gasteiger partial charge in [-0.25, -0.2) is 4.98 Å². The van der Waals surface area contributed by atoms with Gasteiger partial charge in [-0.2, -0.15) is 0 Å². The normalized spacial score (nSPS) is 11.1. The molecule has 0 saturated heterocycles. The molecule has 6 heteroatoms. The summed E-state index contributed by atoms with van der Waals surface area (Å²) in [5.74, 6) is -1.58. The van der Waals surface area contributed by atoms with E-state index in [0.29, 0.717) is 0 Å². The van der Waals surface area contributed by atoms with E-state index in [9.17, 15) is 9.59 Å². The first-order valence-corrected chi connectivity index (χ1v) is 4.34. The van der Waals surface area contributed by atoms with Crippen LogP contribution in [0.2, 0.25) is 0 Å². The van der Waals surface area contributed by atoms with Gasteiger partial charge in [-0.3, -0.25) is 9.59 Å². The van der Waals surface area contributed by atoms with Crippen molar-refractivity contribution in [3.05, 3.63) is 18.4 Å². The number of carbonyl (C=O) groups excluding carboxylic acids is 1. The van der Waals surface area contributed by atoms with Crippen LogP contribution >= 0.6 is 0 Å². The molecular formula is C9H12N2O4. The highest BCUT2D eigenvalue weighted by molar-refractivity contribution is 5.90. The highest BCUT2D eigenvalue weighted by Crippen LogP contribution is 2.09. The molecule has 1 aromatic heterocycles. The standard InChI is InChI=1S/C9H12N2O4/c1-9(2,5-6(12)13)11-7(14)8-10-3-4-15-8/h3-4H,5H2,1-2H3,(H,11,14)(H,12,13). The van der Waals surface area contributed by atoms with Crippen LogP contribution in [0.15, 0.2) is 16.9 Å². The third-order valence-corrected chi connectivity index (χ3v) is 1.67. The van der Waals surface area contributed by atoms with Crippen molar-refractivity contribution in [2.75, 3.05) is 0 Å². The summed E-state index contributed by atoms with van der Waals surface area (Å²) < 4.78 is 4.78. The summed E-state index contributed by atoms with van der Waals surface area (Å²) in [4.78, 5) is 25.6. The van der Waals surface area contributed by atoms with Gasteiger partial charge in [0, 0.05) is 5.54 Å². The minimum Gasteiger partial charge on any atom is -0.481 e. The largest absolute Gasteiger partial charge is 0.481 e. The fourth-order valence-electron chi connectivity index (χ4n) is 1.12. The maximum absolute atomic E-state index is 11.4. The lowest BCUT2D eigenvalue weighted by molar-refractivity contribution is -0.138. The maximum Gasteiger partial charge on any atom is 0.307 e. The van der Waals surface area contributed by atoms with Crippen molar-refractivity contribution in [3.63, 3.8) is 0 Å². The molecule has 0 radical (unpaired) electrons. The minimum absolute atomic E-state index is 0.0755. The first kappa shape index (κ1) is 11.2. The maximum atomic E-state index is 11.4. The Kier molecular flexibility index (Phi) is 3.08. The van der Waals surface area contributed by atoms with Crippen molar-refractivity contribution in [1.29, 1.82) is 0 Å². The monoisotopic (exact) mass is 212 g/mol. The molecule has 2 N–H and O–H groups in total. The number of hydrogen-bond acceptors (Lipinski definition) is 4. The Bertz CT molecular complexity index is 356. The van der Waals surface area contributed by atoms with E-state index < -0.39 is 17.4 Å². The zero-order valence-corrected chi connectivity index (χ0v) is 8.48. The molecule has 15 heavy (non-hydrogen) atoms. The van der Waals surface area contributed by atoms with Crippen molar-refractivity contribution in [1.82, 2.24) is 10.3 Å². The predicted molar refractivity (Wildman–Crippen MR) is 50.3 cm³/mol. The van der Waals surface area contributed by atoms with E-state index in [4.69, 9.17) is 9.52 Å². The van der Waals surface area contributed by atoms with Crippen molar-refractivity contribution >= 4 is 11.9 Å². The van der Waals surface area contributed by atoms with Gasteiger partial charge >= 0.3 is 11.9 Å². The topological polar surface area (TPSA) is 92.4 Å². The molecule has 0 fully saturated rings. The summed E-state index contributed by atoms with van der Waals surface area (Å²) >= 11 is 0. The quantitative estimate of drug-likeness (QED) is 0.764. The molecule has 1 amide bonds. The number of nitrogens with zero attached hydrogens (tertiary/aromatic N) is 1. The highest BCUT2D eigenvalue weighted by Gasteiger charge is 2.25. The molecule has 6 nitrogen and oxygen atoms in total. The number of carboxylic acid groups (broad SMARTS) is 1. The second-order valence-corrected chi connectivity index (χ2v) is 3.75. The fourth-order valence-corrected chi connectivity index (χ4v) is 1.12. The van der Waals surface area contributed by atoms with Gasteiger partial charge < -0.3 is 14.8 Å². The number of carboxylic acids is 1. The Morgan fingerprint density at radius 3 is 2.73 bits per heavy atom. The van der Waals surface area contributed by atoms with Crippen molar-refractivity contribution < 1.29 is 19.1 Å². The predicted octanol–water partition coefficient (Wildman–Crippen LogP) is 0.658. The van der Waals surface area contributed by atoms with Gasteiger partial charge in [0.1, 0.15) is 6.26 Å². The van der Waals surface area contributed by atoms with Gasteiger partial charge in [0.25, 0.3) is 5.89 Å². The van der Waals surface area contributed by atoms with E-state index in [1.807, 2.05) is 0 Å². The number of aliphatic carboxylic acids is 1. The van der Waals surface area contributed by atoms with Crippen LogP contribution in [0.3, 0.4) is 0 Å². The zero-order valence-electron chi connectivity index (χ0n) is 8.48. The molecule has 0 spiro atoms. The molecule has 1 aromatic rings. The molecule has 0 aliphatic heterocycles. The second-order valence-electron chi connectivity index (χ2n) is 3.75. The number of hydrogen-bond donors (Lipinski definition) is 2. The lowest BCUT2D eigenvalue weighted by atomic mass is 10.0. The van der Waals surface area contributed by atoms with Crippen molar-refractivity contribution in [2.45, 2.75) is 25.8 Å². The van der Waals surface area contributed by atoms with E-state index in [-0.39, 0.29) is 12.3 Å². The van der Waals surface area contributed by atoms with Gasteiger partial charge in [0.2, 0.25) is 0 Å². The lowest BCUT2D eigenvalue weighted by Crippen LogP contribution is -2.45. The van der Waals surface area contributed by atoms with Crippen molar-refractivity contribution in [3.8, 4) is 0 Å². The number of oxazole rings is 1. The van der Waals surface area contributed by atoms with Crippen LogP contribution in [-0.2, 0) is 4.79 Å². The fraction of sp³-hybridized carbons (Fsp3) is 0.444. The molecule has 0 aliphatic rings. The molecule has 0 aliphatic carbocycles. The average molecular weight is 212 g/mol. The van der Waals surface area contributed by atoms with E-state index in [1.165, 1.54) is 12.5 Å². The summed E-state index contributed by atoms with van der Waals surface area (Å²) in [7, 11) is 0. The number of amides is 1. The Hall–Kier alpha value is -1.85. The molecule has 0 bridgehead atoms. The van der Waals surface area contributed by atoms with Crippen LogP contribution in [0, 0.1) is 0 Å². The summed E-state index contributed by atoms with van der Waals surface area (Å²) in [6.07, 6.45) is 2.46. The van der Waals surface area contributed by atoms with Crippen LogP contribution in [0.1, 0.15) is 31.0 Å². The molecular weight excluding hydrogens is 200 g/mol. The summed E-state index contributed by atoms with van der Waals surface area (Å²) in [6.45, 7) is 3.23. The van der Waals surface area contributed by atoms with Gasteiger partial charge in [-0.05, 0) is 13.8 Å². The molecule has 0 atom stereocenters. The van der Waals surface area contributed by atoms with Crippen LogP contribution in [0.5, 0.6) is 0 Å². The number of rotatable bonds is 4. The third kappa shape index (κ3) is 3.41. The van der Waals surface area contributed by atoms with Crippen LogP contribution in [0.25, 0.3) is 0 Å². The summed E-state index contributed by atoms with van der Waals surface area (Å²) in [5.41, 5.74) is -0.836. The van der Waals surface area contributed by atoms with E-state index in [2.05, 4.69) is 10.3 Å². The lowest BCUT2D eigenvalue weighted by Gasteiger charge is -2.23. The number of aromatic nitrogens is 1. The van der Waals surface area contributed by atoms with Crippen LogP contribution in [0.4, 0.5) is 0 Å². The van der Waals surface area contributed by atoms with Gasteiger partial charge in [0.05, 0.1) is 12.6 Å². The first-order chi connectivity index (χ1) is 6.91. The smallest absolute Gasteiger partial charge is 0.307 e. The Labute approximate surface area is 86.3 Å². The molecule has 1 heterocycles. The van der Waals surface area contributed by atoms with E-state index in [0.717, 1.165) is 0 Å². The molecule has 0 aromatic carbocycles. The van der Waals surface area contributed by atoms with Crippen LogP contribution in [-0.4, -0.2) is 27.5 Å². The summed E-state index contributed by atoms with van der Waals surface area (Å²) in [6, 6.07) is 0. The average Bonchev–Trinajstić information content (AvgIpc) is 2.50. The number of nitrogens with one attached hydrogen (secondary N) is 1. The third-order valence-electron chi connectivity index (χ3n) is 1.67. The second kappa shape index (κ2) is 4.12. The van der Waals surface area contributed by atoms with Gasteiger partial charge in [0.15, 0.2) is 0 Å².